The van der Waals surface area contributed by atoms with Crippen molar-refractivity contribution in [2.75, 3.05) is 16.4 Å². The average molecular weight is 399 g/mol. The van der Waals surface area contributed by atoms with E-state index in [1.807, 2.05) is 0 Å². The lowest BCUT2D eigenvalue weighted by atomic mass is 10.4. The van der Waals surface area contributed by atoms with Gasteiger partial charge in [0.2, 0.25) is 11.8 Å². The van der Waals surface area contributed by atoms with Gasteiger partial charge in [0.1, 0.15) is 11.6 Å². The summed E-state index contributed by atoms with van der Waals surface area (Å²) in [6.07, 6.45) is 1.60. The van der Waals surface area contributed by atoms with Crippen LogP contribution in [0.15, 0.2) is 33.4 Å². The van der Waals surface area contributed by atoms with Crippen LogP contribution in [0, 0.1) is 6.92 Å². The Labute approximate surface area is 145 Å². The lowest BCUT2D eigenvalue weighted by molar-refractivity contribution is -0.115. The van der Waals surface area contributed by atoms with Crippen molar-refractivity contribution in [1.82, 2.24) is 10.1 Å². The number of hydrogen-bond acceptors (Lipinski definition) is 6. The second-order valence-corrected chi connectivity index (χ2v) is 6.92. The van der Waals surface area contributed by atoms with E-state index in [4.69, 9.17) is 4.52 Å². The second-order valence-electron chi connectivity index (χ2n) is 4.68. The van der Waals surface area contributed by atoms with Crippen LogP contribution >= 0.6 is 27.7 Å². The maximum absolute atomic E-state index is 12.0. The largest absolute Gasteiger partial charge is 0.360 e. The standard InChI is InChI=1S/C14H15BrN4O3S/c1-8-5-12(19-22-8)18-14(21)9(2)23-7-13(20)17-11-4-3-10(15)6-16-11/h3-6,9H,7H2,1-2H3,(H,16,17,20)(H,18,19,21). The number of aryl methyl sites for hydroxylation is 1. The Balaban J connectivity index is 1.76. The molecule has 0 fully saturated rings. The molecule has 2 rings (SSSR count). The summed E-state index contributed by atoms with van der Waals surface area (Å²) in [5, 5.41) is 8.58. The molecular formula is C14H15BrN4O3S. The SMILES string of the molecule is Cc1cc(NC(=O)C(C)SCC(=O)Nc2ccc(Br)cn2)no1. The first-order chi connectivity index (χ1) is 10.9. The summed E-state index contributed by atoms with van der Waals surface area (Å²) in [5.41, 5.74) is 0. The maximum atomic E-state index is 12.0. The highest BCUT2D eigenvalue weighted by molar-refractivity contribution is 9.10. The highest BCUT2D eigenvalue weighted by Crippen LogP contribution is 2.15. The van der Waals surface area contributed by atoms with E-state index in [1.165, 1.54) is 11.8 Å². The van der Waals surface area contributed by atoms with Gasteiger partial charge in [-0.05, 0) is 41.9 Å². The molecule has 1 unspecified atom stereocenters. The molecule has 0 aromatic carbocycles. The number of rotatable bonds is 6. The van der Waals surface area contributed by atoms with Gasteiger partial charge in [-0.15, -0.1) is 11.8 Å². The molecule has 2 N–H and O–H groups in total. The molecule has 0 spiro atoms. The molecule has 0 aliphatic rings. The molecule has 1 atom stereocenters. The van der Waals surface area contributed by atoms with Gasteiger partial charge in [-0.1, -0.05) is 5.16 Å². The van der Waals surface area contributed by atoms with Crippen molar-refractivity contribution in [3.8, 4) is 0 Å². The van der Waals surface area contributed by atoms with E-state index < -0.39 is 5.25 Å². The predicted molar refractivity (Wildman–Crippen MR) is 92.4 cm³/mol. The fraction of sp³-hybridized carbons (Fsp3) is 0.286. The molecule has 0 radical (unpaired) electrons. The highest BCUT2D eigenvalue weighted by Gasteiger charge is 2.17. The number of halogens is 1. The van der Waals surface area contributed by atoms with Crippen molar-refractivity contribution < 1.29 is 14.1 Å². The van der Waals surface area contributed by atoms with Crippen LogP contribution in [0.2, 0.25) is 0 Å². The van der Waals surface area contributed by atoms with Gasteiger partial charge < -0.3 is 15.2 Å². The highest BCUT2D eigenvalue weighted by atomic mass is 79.9. The van der Waals surface area contributed by atoms with Crippen molar-refractivity contribution >= 4 is 51.1 Å². The molecule has 0 bridgehead atoms. The zero-order valence-corrected chi connectivity index (χ0v) is 14.9. The van der Waals surface area contributed by atoms with Crippen LogP contribution in [0.5, 0.6) is 0 Å². The Bertz CT molecular complexity index is 690. The first-order valence-electron chi connectivity index (χ1n) is 6.71. The van der Waals surface area contributed by atoms with Crippen molar-refractivity contribution in [3.63, 3.8) is 0 Å². The zero-order valence-electron chi connectivity index (χ0n) is 12.5. The van der Waals surface area contributed by atoms with Crippen molar-refractivity contribution in [1.29, 1.82) is 0 Å². The molecule has 122 valence electrons. The Morgan fingerprint density at radius 1 is 1.35 bits per heavy atom. The van der Waals surface area contributed by atoms with Crippen LogP contribution in [0.1, 0.15) is 12.7 Å². The van der Waals surface area contributed by atoms with E-state index in [1.54, 1.807) is 38.2 Å². The van der Waals surface area contributed by atoms with Crippen LogP contribution < -0.4 is 10.6 Å². The van der Waals surface area contributed by atoms with Crippen LogP contribution in [0.25, 0.3) is 0 Å². The predicted octanol–water partition coefficient (Wildman–Crippen LogP) is 2.84. The van der Waals surface area contributed by atoms with E-state index in [-0.39, 0.29) is 17.6 Å². The number of nitrogens with zero attached hydrogens (tertiary/aromatic N) is 2. The van der Waals surface area contributed by atoms with E-state index in [0.717, 1.165) is 4.47 Å². The minimum Gasteiger partial charge on any atom is -0.360 e. The monoisotopic (exact) mass is 398 g/mol. The Hall–Kier alpha value is -1.87. The molecule has 7 nitrogen and oxygen atoms in total. The second kappa shape index (κ2) is 8.11. The smallest absolute Gasteiger partial charge is 0.238 e. The number of nitrogens with one attached hydrogen (secondary N) is 2. The Kier molecular flexibility index (Phi) is 6.17. The minimum absolute atomic E-state index is 0.143. The van der Waals surface area contributed by atoms with Gasteiger partial charge >= 0.3 is 0 Å². The van der Waals surface area contributed by atoms with Crippen molar-refractivity contribution in [2.45, 2.75) is 19.1 Å². The molecule has 2 aromatic rings. The summed E-state index contributed by atoms with van der Waals surface area (Å²) in [6.45, 7) is 3.46. The lowest BCUT2D eigenvalue weighted by Crippen LogP contribution is -2.25. The third-order valence-electron chi connectivity index (χ3n) is 2.71. The number of aromatic nitrogens is 2. The fourth-order valence-electron chi connectivity index (χ4n) is 1.56. The number of carbonyl (C=O) groups excluding carboxylic acids is 2. The summed E-state index contributed by atoms with van der Waals surface area (Å²) in [5.74, 6) is 1.13. The third-order valence-corrected chi connectivity index (χ3v) is 4.32. The molecule has 2 amide bonds. The maximum Gasteiger partial charge on any atom is 0.238 e. The van der Waals surface area contributed by atoms with Gasteiger partial charge in [-0.2, -0.15) is 0 Å². The Morgan fingerprint density at radius 3 is 2.74 bits per heavy atom. The normalized spacial score (nSPS) is 11.8. The number of pyridine rings is 1. The zero-order chi connectivity index (χ0) is 16.8. The number of carbonyl (C=O) groups is 2. The summed E-state index contributed by atoms with van der Waals surface area (Å²) < 4.78 is 5.70. The lowest BCUT2D eigenvalue weighted by Gasteiger charge is -2.10. The topological polar surface area (TPSA) is 97.1 Å². The van der Waals surface area contributed by atoms with Crippen LogP contribution in [-0.4, -0.2) is 33.0 Å². The summed E-state index contributed by atoms with van der Waals surface area (Å²) in [6, 6.07) is 5.10. The first kappa shape index (κ1) is 17.5. The molecule has 0 aliphatic carbocycles. The number of hydrogen-bond donors (Lipinski definition) is 2. The van der Waals surface area contributed by atoms with E-state index in [0.29, 0.717) is 17.4 Å². The third kappa shape index (κ3) is 5.68. The first-order valence-corrected chi connectivity index (χ1v) is 8.55. The minimum atomic E-state index is -0.407. The van der Waals surface area contributed by atoms with Gasteiger partial charge in [0, 0.05) is 16.7 Å². The summed E-state index contributed by atoms with van der Waals surface area (Å²) in [4.78, 5) is 27.9. The molecule has 0 aliphatic heterocycles. The van der Waals surface area contributed by atoms with E-state index >= 15 is 0 Å². The summed E-state index contributed by atoms with van der Waals surface area (Å²) >= 11 is 4.49. The molecule has 2 aromatic heterocycles. The van der Waals surface area contributed by atoms with Crippen LogP contribution in [0.4, 0.5) is 11.6 Å². The molecule has 0 saturated carbocycles. The van der Waals surface area contributed by atoms with E-state index in [2.05, 4.69) is 36.7 Å². The number of amides is 2. The van der Waals surface area contributed by atoms with Crippen molar-refractivity contribution in [2.24, 2.45) is 0 Å². The number of thioether (sulfide) groups is 1. The molecular weight excluding hydrogens is 384 g/mol. The molecule has 0 saturated heterocycles. The quantitative estimate of drug-likeness (QED) is 0.776. The van der Waals surface area contributed by atoms with E-state index in [9.17, 15) is 9.59 Å². The fourth-order valence-corrected chi connectivity index (χ4v) is 2.48. The molecule has 2 heterocycles. The van der Waals surface area contributed by atoms with Gasteiger partial charge in [0.05, 0.1) is 11.0 Å². The Morgan fingerprint density at radius 2 is 2.13 bits per heavy atom. The number of anilines is 2. The molecule has 23 heavy (non-hydrogen) atoms. The summed E-state index contributed by atoms with van der Waals surface area (Å²) in [7, 11) is 0. The average Bonchev–Trinajstić information content (AvgIpc) is 2.92. The van der Waals surface area contributed by atoms with Crippen LogP contribution in [0.3, 0.4) is 0 Å². The van der Waals surface area contributed by atoms with Crippen molar-refractivity contribution in [3.05, 3.63) is 34.6 Å². The molecule has 9 heteroatoms. The van der Waals surface area contributed by atoms with Gasteiger partial charge in [0.25, 0.3) is 0 Å². The van der Waals surface area contributed by atoms with Gasteiger partial charge in [0.15, 0.2) is 5.82 Å². The van der Waals surface area contributed by atoms with Gasteiger partial charge in [-0.25, -0.2) is 4.98 Å². The van der Waals surface area contributed by atoms with Gasteiger partial charge in [-0.3, -0.25) is 9.59 Å². The van der Waals surface area contributed by atoms with Crippen LogP contribution in [-0.2, 0) is 9.59 Å².